The molecule has 0 aliphatic heterocycles. The second-order valence-corrected chi connectivity index (χ2v) is 19.7. The average molecular weight is 1020 g/mol. The third-order valence-corrected chi connectivity index (χ3v) is 8.82. The molecule has 8 aromatic rings. The molecule has 0 aliphatic carbocycles. The standard InChI is InChI=1S/C22H17F2N3O2.C21H15F2N3O2.BBr3/c1-13-3-8-20-26-19(12-27(20)11-13)14-4-6-16(7-5-14)25-22(28)15-9-17(23)21(29-2)18(24)10-15;1-12-2-7-19-25-18(11-26(19)10-12)13-3-5-15(6-4-13)24-21(28)14-8-16(22)20(27)17(23)9-14;2-1(3)4/h3-12H,1-2H3,(H,25,28);2-11,27H,1H3,(H,24,28);. The summed E-state index contributed by atoms with van der Waals surface area (Å²) in [5.41, 5.74) is 7.83. The van der Waals surface area contributed by atoms with Crippen LogP contribution in [-0.2, 0) is 0 Å². The van der Waals surface area contributed by atoms with E-state index in [0.29, 0.717) is 11.4 Å². The molecule has 4 heterocycles. The number of benzene rings is 4. The maximum atomic E-state index is 13.8. The molecule has 310 valence electrons. The summed E-state index contributed by atoms with van der Waals surface area (Å²) in [7, 11) is 1.16. The van der Waals surface area contributed by atoms with Crippen LogP contribution in [0.1, 0.15) is 31.8 Å². The number of hydrogen-bond donors (Lipinski definition) is 3. The van der Waals surface area contributed by atoms with E-state index in [1.807, 2.05) is 83.8 Å². The van der Waals surface area contributed by atoms with Crippen LogP contribution in [0.3, 0.4) is 0 Å². The van der Waals surface area contributed by atoms with Crippen LogP contribution in [0.4, 0.5) is 28.9 Å². The number of ether oxygens (including phenoxy) is 1. The molecule has 0 aliphatic rings. The molecule has 4 aromatic carbocycles. The summed E-state index contributed by atoms with van der Waals surface area (Å²) in [6, 6.07) is 25.3. The number of aromatic hydroxyl groups is 1. The lowest BCUT2D eigenvalue weighted by molar-refractivity contribution is 0.101. The Labute approximate surface area is 371 Å². The summed E-state index contributed by atoms with van der Waals surface area (Å²) in [6.45, 7) is 4.01. The Morgan fingerprint density at radius 3 is 1.33 bits per heavy atom. The van der Waals surface area contributed by atoms with Crippen molar-refractivity contribution in [2.75, 3.05) is 17.7 Å². The number of carbonyl (C=O) groups excluding carboxylic acids is 2. The number of aromatic nitrogens is 4. The molecule has 61 heavy (non-hydrogen) atoms. The highest BCUT2D eigenvalue weighted by Gasteiger charge is 2.17. The molecular formula is C43H32BBr3F4N6O4. The van der Waals surface area contributed by atoms with E-state index in [2.05, 4.69) is 72.6 Å². The topological polar surface area (TPSA) is 122 Å². The lowest BCUT2D eigenvalue weighted by Gasteiger charge is -2.08. The molecule has 0 spiro atoms. The number of halogens is 7. The molecule has 0 saturated carbocycles. The number of phenols is 1. The van der Waals surface area contributed by atoms with Crippen molar-refractivity contribution in [3.8, 4) is 34.0 Å². The van der Waals surface area contributed by atoms with Crippen LogP contribution in [-0.4, -0.2) is 46.0 Å². The number of carbonyl (C=O) groups is 2. The van der Waals surface area contributed by atoms with Crippen LogP contribution in [0.5, 0.6) is 11.5 Å². The molecule has 18 heteroatoms. The van der Waals surface area contributed by atoms with E-state index in [-0.39, 0.29) is 14.3 Å². The zero-order valence-electron chi connectivity index (χ0n) is 32.2. The molecule has 0 bridgehead atoms. The van der Waals surface area contributed by atoms with Gasteiger partial charge in [-0.3, -0.25) is 9.59 Å². The number of aryl methyl sites for hydroxylation is 2. The highest BCUT2D eigenvalue weighted by Crippen LogP contribution is 2.27. The number of nitrogens with zero attached hydrogens (tertiary/aromatic N) is 4. The lowest BCUT2D eigenvalue weighted by atomic mass is 10.1. The van der Waals surface area contributed by atoms with Crippen LogP contribution in [0.2, 0.25) is 0 Å². The van der Waals surface area contributed by atoms with Crippen LogP contribution < -0.4 is 15.4 Å². The Kier molecular flexibility index (Phi) is 14.3. The second-order valence-electron chi connectivity index (χ2n) is 13.3. The Balaban J connectivity index is 0.000000188. The van der Waals surface area contributed by atoms with E-state index < -0.39 is 46.6 Å². The Morgan fingerprint density at radius 1 is 0.607 bits per heavy atom. The van der Waals surface area contributed by atoms with E-state index in [0.717, 1.165) is 76.3 Å². The van der Waals surface area contributed by atoms with Gasteiger partial charge in [0.05, 0.1) is 18.5 Å². The van der Waals surface area contributed by atoms with Crippen molar-refractivity contribution >= 4 is 84.9 Å². The molecule has 0 fully saturated rings. The van der Waals surface area contributed by atoms with E-state index in [4.69, 9.17) is 5.11 Å². The maximum Gasteiger partial charge on any atom is 0.369 e. The third kappa shape index (κ3) is 11.2. The molecule has 0 saturated heterocycles. The smallest absolute Gasteiger partial charge is 0.369 e. The van der Waals surface area contributed by atoms with Gasteiger partial charge in [-0.15, -0.1) is 47.3 Å². The average Bonchev–Trinajstić information content (AvgIpc) is 3.84. The molecule has 3 N–H and O–H groups in total. The minimum absolute atomic E-state index is 0.138. The first-order chi connectivity index (χ1) is 29.1. The fraction of sp³-hybridized carbons (Fsp3) is 0.0698. The Bertz CT molecular complexity index is 2830. The van der Waals surface area contributed by atoms with E-state index in [1.54, 1.807) is 36.4 Å². The molecule has 2 amide bonds. The summed E-state index contributed by atoms with van der Waals surface area (Å²) < 4.78 is 63.2. The number of imidazole rings is 2. The van der Waals surface area contributed by atoms with Crippen molar-refractivity contribution in [1.82, 2.24) is 18.8 Å². The van der Waals surface area contributed by atoms with Gasteiger partial charge in [0, 0.05) is 58.4 Å². The van der Waals surface area contributed by atoms with Crippen LogP contribution in [0, 0.1) is 37.1 Å². The van der Waals surface area contributed by atoms with Crippen molar-refractivity contribution < 1.29 is 37.0 Å². The van der Waals surface area contributed by atoms with Gasteiger partial charge in [0.1, 0.15) is 11.3 Å². The normalized spacial score (nSPS) is 10.7. The lowest BCUT2D eigenvalue weighted by Crippen LogP contribution is -2.13. The van der Waals surface area contributed by atoms with Crippen LogP contribution in [0.15, 0.2) is 122 Å². The predicted molar refractivity (Wildman–Crippen MR) is 240 cm³/mol. The highest BCUT2D eigenvalue weighted by molar-refractivity contribution is 9.69. The number of fused-ring (bicyclic) bond motifs is 2. The number of rotatable bonds is 7. The molecule has 0 radical (unpaired) electrons. The number of methoxy groups -OCH3 is 1. The fourth-order valence-corrected chi connectivity index (χ4v) is 5.92. The van der Waals surface area contributed by atoms with Gasteiger partial charge >= 0.3 is 3.18 Å². The fourth-order valence-electron chi connectivity index (χ4n) is 5.92. The number of hydrogen-bond acceptors (Lipinski definition) is 6. The number of pyridine rings is 2. The van der Waals surface area contributed by atoms with Crippen molar-refractivity contribution in [2.45, 2.75) is 13.8 Å². The van der Waals surface area contributed by atoms with Crippen molar-refractivity contribution in [1.29, 1.82) is 0 Å². The maximum absolute atomic E-state index is 13.8. The highest BCUT2D eigenvalue weighted by atomic mass is 79.9. The Morgan fingerprint density at radius 2 is 0.967 bits per heavy atom. The van der Waals surface area contributed by atoms with Crippen molar-refractivity contribution in [3.05, 3.63) is 167 Å². The number of amides is 2. The Hall–Kier alpha value is -5.98. The van der Waals surface area contributed by atoms with Crippen LogP contribution in [0.25, 0.3) is 33.8 Å². The molecular weight excluding hydrogens is 991 g/mol. The zero-order valence-corrected chi connectivity index (χ0v) is 37.0. The summed E-state index contributed by atoms with van der Waals surface area (Å²) in [5.74, 6) is -7.19. The number of anilines is 2. The monoisotopic (exact) mass is 1020 g/mol. The van der Waals surface area contributed by atoms with E-state index >= 15 is 0 Å². The first kappa shape index (κ1) is 44.6. The van der Waals surface area contributed by atoms with E-state index in [9.17, 15) is 27.2 Å². The van der Waals surface area contributed by atoms with Gasteiger partial charge in [0.2, 0.25) is 0 Å². The number of nitrogens with one attached hydrogen (secondary N) is 2. The quantitative estimate of drug-likeness (QED) is 0.108. The molecule has 0 unspecified atom stereocenters. The largest absolute Gasteiger partial charge is 0.503 e. The molecule has 0 atom stereocenters. The van der Waals surface area contributed by atoms with Gasteiger partial charge in [-0.1, -0.05) is 36.4 Å². The first-order valence-electron chi connectivity index (χ1n) is 18.0. The van der Waals surface area contributed by atoms with Crippen molar-refractivity contribution in [3.63, 3.8) is 0 Å². The summed E-state index contributed by atoms with van der Waals surface area (Å²) >= 11 is 9.31. The zero-order chi connectivity index (χ0) is 44.0. The van der Waals surface area contributed by atoms with Gasteiger partial charge in [0.15, 0.2) is 34.8 Å². The van der Waals surface area contributed by atoms with Gasteiger partial charge < -0.3 is 29.3 Å². The first-order valence-corrected chi connectivity index (χ1v) is 20.7. The second kappa shape index (κ2) is 19.6. The minimum atomic E-state index is -1.19. The van der Waals surface area contributed by atoms with Gasteiger partial charge in [-0.05, 0) is 85.6 Å². The van der Waals surface area contributed by atoms with Gasteiger partial charge in [-0.25, -0.2) is 27.5 Å². The van der Waals surface area contributed by atoms with E-state index in [1.165, 1.54) is 0 Å². The van der Waals surface area contributed by atoms with Gasteiger partial charge in [0.25, 0.3) is 11.8 Å². The minimum Gasteiger partial charge on any atom is -0.503 e. The predicted octanol–water partition coefficient (Wildman–Crippen LogP) is 11.6. The number of phenolic OH excluding ortho intramolecular Hbond substituents is 1. The summed E-state index contributed by atoms with van der Waals surface area (Å²) in [6.07, 6.45) is 7.82. The molecule has 4 aromatic heterocycles. The summed E-state index contributed by atoms with van der Waals surface area (Å²) in [4.78, 5) is 33.7. The SMILES string of the molecule is BrB(Br)Br.COc1c(F)cc(C(=O)Nc2ccc(-c3cn4cc(C)ccc4n3)cc2)cc1F.Cc1ccc2nc(-c3ccc(NC(=O)c4cc(F)c(O)c(F)c4)cc3)cn2c1. The van der Waals surface area contributed by atoms with Gasteiger partial charge in [-0.2, -0.15) is 0 Å². The van der Waals surface area contributed by atoms with Crippen LogP contribution >= 0.6 is 47.3 Å². The molecule has 8 rings (SSSR count). The third-order valence-electron chi connectivity index (χ3n) is 8.82. The van der Waals surface area contributed by atoms with Crippen molar-refractivity contribution in [2.24, 2.45) is 0 Å². The molecule has 10 nitrogen and oxygen atoms in total. The summed E-state index contributed by atoms with van der Waals surface area (Å²) in [5, 5.41) is 14.3.